The van der Waals surface area contributed by atoms with Crippen LogP contribution in [0.4, 0.5) is 0 Å². The summed E-state index contributed by atoms with van der Waals surface area (Å²) in [5, 5.41) is 12.8. The first-order valence-electron chi connectivity index (χ1n) is 7.84. The van der Waals surface area contributed by atoms with Gasteiger partial charge in [-0.2, -0.15) is 0 Å². The second-order valence-corrected chi connectivity index (χ2v) is 5.70. The lowest BCUT2D eigenvalue weighted by atomic mass is 10.0. The molecular weight excluding hydrogens is 292 g/mol. The smallest absolute Gasteiger partial charge is 0.232 e. The number of nitrogens with one attached hydrogen (secondary N) is 1. The fourth-order valence-corrected chi connectivity index (χ4v) is 2.93. The van der Waals surface area contributed by atoms with E-state index in [2.05, 4.69) is 11.2 Å². The number of amides is 2. The van der Waals surface area contributed by atoms with Gasteiger partial charge in [-0.15, -0.1) is 6.42 Å². The van der Waals surface area contributed by atoms with Gasteiger partial charge in [-0.3, -0.25) is 9.59 Å². The van der Waals surface area contributed by atoms with Crippen LogP contribution in [0, 0.1) is 12.3 Å². The highest BCUT2D eigenvalue weighted by Crippen LogP contribution is 2.27. The number of carbonyl (C=O) groups is 2. The van der Waals surface area contributed by atoms with Crippen LogP contribution in [0.1, 0.15) is 37.4 Å². The molecule has 2 amide bonds. The highest BCUT2D eigenvalue weighted by atomic mass is 16.3. The quantitative estimate of drug-likeness (QED) is 0.613. The van der Waals surface area contributed by atoms with E-state index in [0.29, 0.717) is 13.0 Å². The van der Waals surface area contributed by atoms with Gasteiger partial charge < -0.3 is 15.3 Å². The highest BCUT2D eigenvalue weighted by Gasteiger charge is 2.31. The molecule has 0 saturated carbocycles. The predicted molar refractivity (Wildman–Crippen MR) is 87.2 cm³/mol. The minimum absolute atomic E-state index is 0.0295. The van der Waals surface area contributed by atoms with Crippen molar-refractivity contribution in [1.29, 1.82) is 0 Å². The molecule has 1 aromatic carbocycles. The molecule has 1 saturated heterocycles. The minimum atomic E-state index is -0.607. The van der Waals surface area contributed by atoms with Gasteiger partial charge in [-0.1, -0.05) is 36.3 Å². The summed E-state index contributed by atoms with van der Waals surface area (Å²) in [4.78, 5) is 25.6. The molecule has 5 nitrogen and oxygen atoms in total. The van der Waals surface area contributed by atoms with E-state index in [-0.39, 0.29) is 30.8 Å². The van der Waals surface area contributed by atoms with E-state index in [9.17, 15) is 14.7 Å². The first-order valence-corrected chi connectivity index (χ1v) is 7.84. The molecule has 1 heterocycles. The SMILES string of the molecule is C#CCNC(=O)CC(=O)N1CCCC1CC(O)c1ccccc1. The van der Waals surface area contributed by atoms with E-state index in [0.717, 1.165) is 18.4 Å². The van der Waals surface area contributed by atoms with E-state index in [1.54, 1.807) is 4.90 Å². The predicted octanol–water partition coefficient (Wildman–Crippen LogP) is 1.24. The van der Waals surface area contributed by atoms with Crippen LogP contribution < -0.4 is 5.32 Å². The number of aliphatic hydroxyl groups excluding tert-OH is 1. The Morgan fingerprint density at radius 2 is 2.13 bits per heavy atom. The average molecular weight is 314 g/mol. The Bertz CT molecular complexity index is 580. The Morgan fingerprint density at radius 1 is 1.39 bits per heavy atom. The molecule has 1 aliphatic heterocycles. The largest absolute Gasteiger partial charge is 0.388 e. The number of likely N-dealkylation sites (tertiary alicyclic amines) is 1. The van der Waals surface area contributed by atoms with E-state index in [1.807, 2.05) is 30.3 Å². The molecule has 1 fully saturated rings. The summed E-state index contributed by atoms with van der Waals surface area (Å²) in [6.45, 7) is 0.760. The zero-order valence-corrected chi connectivity index (χ0v) is 13.1. The van der Waals surface area contributed by atoms with Gasteiger partial charge in [-0.05, 0) is 24.8 Å². The Balaban J connectivity index is 1.91. The second kappa shape index (κ2) is 8.35. The van der Waals surface area contributed by atoms with Crippen molar-refractivity contribution in [1.82, 2.24) is 10.2 Å². The maximum Gasteiger partial charge on any atom is 0.232 e. The molecule has 23 heavy (non-hydrogen) atoms. The minimum Gasteiger partial charge on any atom is -0.388 e. The molecule has 0 spiro atoms. The van der Waals surface area contributed by atoms with Crippen molar-refractivity contribution in [2.45, 2.75) is 37.8 Å². The first-order chi connectivity index (χ1) is 11.1. The van der Waals surface area contributed by atoms with Crippen molar-refractivity contribution in [2.24, 2.45) is 0 Å². The Kier molecular flexibility index (Phi) is 6.19. The van der Waals surface area contributed by atoms with Gasteiger partial charge in [0.1, 0.15) is 6.42 Å². The second-order valence-electron chi connectivity index (χ2n) is 5.70. The number of hydrogen-bond donors (Lipinski definition) is 2. The van der Waals surface area contributed by atoms with Crippen LogP contribution in [0.3, 0.4) is 0 Å². The van der Waals surface area contributed by atoms with E-state index >= 15 is 0 Å². The lowest BCUT2D eigenvalue weighted by Crippen LogP contribution is -2.39. The third-order valence-electron chi connectivity index (χ3n) is 4.08. The van der Waals surface area contributed by atoms with Gasteiger partial charge >= 0.3 is 0 Å². The van der Waals surface area contributed by atoms with Crippen LogP contribution in [-0.4, -0.2) is 41.0 Å². The van der Waals surface area contributed by atoms with Gasteiger partial charge in [-0.25, -0.2) is 0 Å². The number of rotatable bonds is 6. The molecule has 5 heteroatoms. The third kappa shape index (κ3) is 4.83. The molecular formula is C18H22N2O3. The topological polar surface area (TPSA) is 69.6 Å². The summed E-state index contributed by atoms with van der Waals surface area (Å²) >= 11 is 0. The lowest BCUT2D eigenvalue weighted by Gasteiger charge is -2.26. The maximum atomic E-state index is 12.3. The van der Waals surface area contributed by atoms with Crippen molar-refractivity contribution >= 4 is 11.8 Å². The monoisotopic (exact) mass is 314 g/mol. The van der Waals surface area contributed by atoms with Crippen LogP contribution in [-0.2, 0) is 9.59 Å². The van der Waals surface area contributed by atoms with Gasteiger partial charge in [0.25, 0.3) is 0 Å². The summed E-state index contributed by atoms with van der Waals surface area (Å²) < 4.78 is 0. The van der Waals surface area contributed by atoms with Crippen molar-refractivity contribution in [3.05, 3.63) is 35.9 Å². The first kappa shape index (κ1) is 17.0. The molecule has 1 aromatic rings. The third-order valence-corrected chi connectivity index (χ3v) is 4.08. The number of terminal acetylenes is 1. The van der Waals surface area contributed by atoms with E-state index in [4.69, 9.17) is 6.42 Å². The van der Waals surface area contributed by atoms with Crippen LogP contribution in [0.2, 0.25) is 0 Å². The van der Waals surface area contributed by atoms with Gasteiger partial charge in [0.2, 0.25) is 11.8 Å². The van der Waals surface area contributed by atoms with Crippen molar-refractivity contribution in [3.63, 3.8) is 0 Å². The summed E-state index contributed by atoms with van der Waals surface area (Å²) in [6.07, 6.45) is 6.50. The maximum absolute atomic E-state index is 12.3. The number of nitrogens with zero attached hydrogens (tertiary/aromatic N) is 1. The molecule has 0 bridgehead atoms. The standard InChI is InChI=1S/C18H22N2O3/c1-2-10-19-17(22)13-18(23)20-11-6-9-15(20)12-16(21)14-7-4-3-5-8-14/h1,3-5,7-8,15-16,21H,6,9-13H2,(H,19,22). The van der Waals surface area contributed by atoms with Crippen molar-refractivity contribution in [2.75, 3.05) is 13.1 Å². The number of hydrogen-bond acceptors (Lipinski definition) is 3. The summed E-state index contributed by atoms with van der Waals surface area (Å²) in [5.41, 5.74) is 0.846. The fourth-order valence-electron chi connectivity index (χ4n) is 2.93. The molecule has 0 aromatic heterocycles. The number of carbonyl (C=O) groups excluding carboxylic acids is 2. The molecule has 0 aliphatic carbocycles. The zero-order valence-electron chi connectivity index (χ0n) is 13.1. The molecule has 122 valence electrons. The molecule has 2 unspecified atom stereocenters. The Morgan fingerprint density at radius 3 is 2.83 bits per heavy atom. The van der Waals surface area contributed by atoms with Gasteiger partial charge in [0.15, 0.2) is 0 Å². The van der Waals surface area contributed by atoms with Gasteiger partial charge in [0.05, 0.1) is 12.6 Å². The fraction of sp³-hybridized carbons (Fsp3) is 0.444. The number of aliphatic hydroxyl groups is 1. The van der Waals surface area contributed by atoms with Crippen molar-refractivity contribution < 1.29 is 14.7 Å². The molecule has 1 aliphatic rings. The van der Waals surface area contributed by atoms with Crippen LogP contribution in [0.5, 0.6) is 0 Å². The Labute approximate surface area is 136 Å². The van der Waals surface area contributed by atoms with Crippen LogP contribution >= 0.6 is 0 Å². The Hall–Kier alpha value is -2.32. The van der Waals surface area contributed by atoms with Crippen LogP contribution in [0.25, 0.3) is 0 Å². The lowest BCUT2D eigenvalue weighted by molar-refractivity contribution is -0.136. The van der Waals surface area contributed by atoms with E-state index < -0.39 is 6.10 Å². The molecule has 2 atom stereocenters. The summed E-state index contributed by atoms with van der Waals surface area (Å²) in [6, 6.07) is 9.38. The van der Waals surface area contributed by atoms with Gasteiger partial charge in [0, 0.05) is 12.6 Å². The molecule has 2 N–H and O–H groups in total. The average Bonchev–Trinajstić information content (AvgIpc) is 3.02. The summed E-state index contributed by atoms with van der Waals surface area (Å²) in [5.74, 6) is 1.74. The number of benzene rings is 1. The summed E-state index contributed by atoms with van der Waals surface area (Å²) in [7, 11) is 0. The molecule has 2 rings (SSSR count). The zero-order chi connectivity index (χ0) is 16.7. The van der Waals surface area contributed by atoms with E-state index in [1.165, 1.54) is 0 Å². The highest BCUT2D eigenvalue weighted by molar-refractivity contribution is 5.97. The van der Waals surface area contributed by atoms with Crippen LogP contribution in [0.15, 0.2) is 30.3 Å². The normalized spacial score (nSPS) is 18.3. The molecule has 0 radical (unpaired) electrons. The van der Waals surface area contributed by atoms with Crippen molar-refractivity contribution in [3.8, 4) is 12.3 Å².